The smallest absolute Gasteiger partial charge is 0.331 e. The standard InChI is InChI=1S/C15H26O5/c1-2-13(16)9-7-5-3-4-6-8-12(15(19)20)10-11-14(17)18/h10,13,16H,2-9,11H2,1H3,(H,17,18)(H,19,20)/b12-10+. The van der Waals surface area contributed by atoms with Crippen LogP contribution in [-0.2, 0) is 9.59 Å². The normalized spacial score (nSPS) is 13.2. The first kappa shape index (κ1) is 18.6. The van der Waals surface area contributed by atoms with Gasteiger partial charge in [0.05, 0.1) is 12.5 Å². The van der Waals surface area contributed by atoms with E-state index in [1.807, 2.05) is 6.92 Å². The summed E-state index contributed by atoms with van der Waals surface area (Å²) in [6, 6.07) is 0. The van der Waals surface area contributed by atoms with Crippen LogP contribution in [-0.4, -0.2) is 33.4 Å². The second-order valence-corrected chi connectivity index (χ2v) is 5.00. The molecular formula is C15H26O5. The van der Waals surface area contributed by atoms with Crippen molar-refractivity contribution < 1.29 is 24.9 Å². The van der Waals surface area contributed by atoms with E-state index in [1.165, 1.54) is 6.08 Å². The number of aliphatic hydroxyl groups is 1. The Hall–Kier alpha value is -1.36. The Morgan fingerprint density at radius 1 is 1.05 bits per heavy atom. The molecule has 0 aliphatic heterocycles. The van der Waals surface area contributed by atoms with Gasteiger partial charge in [-0.15, -0.1) is 0 Å². The van der Waals surface area contributed by atoms with Crippen LogP contribution in [0.1, 0.15) is 64.7 Å². The fraction of sp³-hybridized carbons (Fsp3) is 0.733. The van der Waals surface area contributed by atoms with Gasteiger partial charge in [-0.2, -0.15) is 0 Å². The van der Waals surface area contributed by atoms with Gasteiger partial charge in [0.25, 0.3) is 0 Å². The Labute approximate surface area is 120 Å². The molecule has 0 aliphatic rings. The van der Waals surface area contributed by atoms with E-state index in [-0.39, 0.29) is 18.1 Å². The zero-order valence-corrected chi connectivity index (χ0v) is 12.2. The van der Waals surface area contributed by atoms with E-state index in [0.717, 1.165) is 44.9 Å². The number of carbonyl (C=O) groups is 2. The summed E-state index contributed by atoms with van der Waals surface area (Å²) in [5.74, 6) is -2.05. The quantitative estimate of drug-likeness (QED) is 0.379. The lowest BCUT2D eigenvalue weighted by molar-refractivity contribution is -0.136. The minimum atomic E-state index is -1.03. The third-order valence-corrected chi connectivity index (χ3v) is 3.25. The number of carboxylic acids is 2. The Morgan fingerprint density at radius 3 is 2.20 bits per heavy atom. The molecule has 0 fully saturated rings. The van der Waals surface area contributed by atoms with E-state index >= 15 is 0 Å². The number of unbranched alkanes of at least 4 members (excludes halogenated alkanes) is 4. The van der Waals surface area contributed by atoms with Gasteiger partial charge >= 0.3 is 11.9 Å². The van der Waals surface area contributed by atoms with Crippen LogP contribution in [0, 0.1) is 0 Å². The van der Waals surface area contributed by atoms with Crippen LogP contribution in [0.25, 0.3) is 0 Å². The molecular weight excluding hydrogens is 260 g/mol. The molecule has 116 valence electrons. The third kappa shape index (κ3) is 10.6. The van der Waals surface area contributed by atoms with Gasteiger partial charge in [-0.1, -0.05) is 38.7 Å². The number of aliphatic hydroxyl groups excluding tert-OH is 1. The van der Waals surface area contributed by atoms with Crippen molar-refractivity contribution in [2.75, 3.05) is 0 Å². The van der Waals surface area contributed by atoms with Crippen LogP contribution in [0.4, 0.5) is 0 Å². The highest BCUT2D eigenvalue weighted by Crippen LogP contribution is 2.13. The molecule has 0 heterocycles. The lowest BCUT2D eigenvalue weighted by Gasteiger charge is -2.07. The molecule has 0 spiro atoms. The van der Waals surface area contributed by atoms with Crippen LogP contribution >= 0.6 is 0 Å². The van der Waals surface area contributed by atoms with E-state index in [4.69, 9.17) is 10.2 Å². The molecule has 0 bridgehead atoms. The lowest BCUT2D eigenvalue weighted by atomic mass is 10.0. The van der Waals surface area contributed by atoms with Gasteiger partial charge in [-0.25, -0.2) is 4.79 Å². The van der Waals surface area contributed by atoms with E-state index in [1.54, 1.807) is 0 Å². The van der Waals surface area contributed by atoms with Crippen molar-refractivity contribution in [1.29, 1.82) is 0 Å². The van der Waals surface area contributed by atoms with E-state index in [0.29, 0.717) is 6.42 Å². The molecule has 20 heavy (non-hydrogen) atoms. The number of hydrogen-bond donors (Lipinski definition) is 3. The summed E-state index contributed by atoms with van der Waals surface area (Å²) < 4.78 is 0. The maximum Gasteiger partial charge on any atom is 0.331 e. The highest BCUT2D eigenvalue weighted by Gasteiger charge is 2.07. The number of carboxylic acid groups (broad SMARTS) is 2. The first-order valence-electron chi connectivity index (χ1n) is 7.29. The molecule has 0 saturated carbocycles. The number of rotatable bonds is 12. The molecule has 5 nitrogen and oxygen atoms in total. The van der Waals surface area contributed by atoms with Crippen molar-refractivity contribution in [2.24, 2.45) is 0 Å². The summed E-state index contributed by atoms with van der Waals surface area (Å²) in [5.41, 5.74) is 0.189. The minimum absolute atomic E-state index is 0.189. The zero-order chi connectivity index (χ0) is 15.4. The van der Waals surface area contributed by atoms with E-state index in [9.17, 15) is 14.7 Å². The summed E-state index contributed by atoms with van der Waals surface area (Å²) in [4.78, 5) is 21.3. The molecule has 0 rings (SSSR count). The molecule has 3 N–H and O–H groups in total. The van der Waals surface area contributed by atoms with E-state index < -0.39 is 11.9 Å². The maximum absolute atomic E-state index is 10.9. The zero-order valence-electron chi connectivity index (χ0n) is 12.2. The summed E-state index contributed by atoms with van der Waals surface area (Å²) in [7, 11) is 0. The first-order valence-corrected chi connectivity index (χ1v) is 7.29. The second-order valence-electron chi connectivity index (χ2n) is 5.00. The summed E-state index contributed by atoms with van der Waals surface area (Å²) in [6.45, 7) is 1.96. The molecule has 0 aromatic rings. The Kier molecular flexibility index (Phi) is 10.7. The van der Waals surface area contributed by atoms with Gasteiger partial charge in [-0.05, 0) is 25.7 Å². The Morgan fingerprint density at radius 2 is 1.65 bits per heavy atom. The van der Waals surface area contributed by atoms with Crippen molar-refractivity contribution in [2.45, 2.75) is 70.8 Å². The van der Waals surface area contributed by atoms with Crippen molar-refractivity contribution in [3.63, 3.8) is 0 Å². The Bertz CT molecular complexity index is 322. The molecule has 0 saturated heterocycles. The highest BCUT2D eigenvalue weighted by atomic mass is 16.4. The van der Waals surface area contributed by atoms with Crippen molar-refractivity contribution >= 4 is 11.9 Å². The van der Waals surface area contributed by atoms with Crippen LogP contribution in [0.5, 0.6) is 0 Å². The first-order chi connectivity index (χ1) is 9.47. The van der Waals surface area contributed by atoms with Crippen molar-refractivity contribution in [1.82, 2.24) is 0 Å². The molecule has 0 aromatic heterocycles. The number of hydrogen-bond acceptors (Lipinski definition) is 3. The monoisotopic (exact) mass is 286 g/mol. The average Bonchev–Trinajstić information content (AvgIpc) is 2.39. The minimum Gasteiger partial charge on any atom is -0.481 e. The van der Waals surface area contributed by atoms with E-state index in [2.05, 4.69) is 0 Å². The molecule has 1 atom stereocenters. The fourth-order valence-electron chi connectivity index (χ4n) is 1.94. The lowest BCUT2D eigenvalue weighted by Crippen LogP contribution is -2.03. The van der Waals surface area contributed by atoms with Gasteiger partial charge in [0.2, 0.25) is 0 Å². The molecule has 0 radical (unpaired) electrons. The van der Waals surface area contributed by atoms with Crippen molar-refractivity contribution in [3.8, 4) is 0 Å². The molecule has 5 heteroatoms. The molecule has 0 aromatic carbocycles. The summed E-state index contributed by atoms with van der Waals surface area (Å²) >= 11 is 0. The predicted molar refractivity (Wildman–Crippen MR) is 76.6 cm³/mol. The van der Waals surface area contributed by atoms with Gasteiger partial charge in [0.1, 0.15) is 0 Å². The molecule has 0 amide bonds. The largest absolute Gasteiger partial charge is 0.481 e. The second kappa shape index (κ2) is 11.5. The van der Waals surface area contributed by atoms with Crippen LogP contribution in [0.3, 0.4) is 0 Å². The van der Waals surface area contributed by atoms with Crippen LogP contribution < -0.4 is 0 Å². The highest BCUT2D eigenvalue weighted by molar-refractivity contribution is 5.87. The topological polar surface area (TPSA) is 94.8 Å². The van der Waals surface area contributed by atoms with Crippen molar-refractivity contribution in [3.05, 3.63) is 11.6 Å². The third-order valence-electron chi connectivity index (χ3n) is 3.25. The Balaban J connectivity index is 3.72. The maximum atomic E-state index is 10.9. The summed E-state index contributed by atoms with van der Waals surface area (Å²) in [5, 5.41) is 26.8. The fourth-order valence-corrected chi connectivity index (χ4v) is 1.94. The van der Waals surface area contributed by atoms with Gasteiger partial charge in [0.15, 0.2) is 0 Å². The van der Waals surface area contributed by atoms with Gasteiger partial charge < -0.3 is 15.3 Å². The molecule has 0 aliphatic carbocycles. The predicted octanol–water partition coefficient (Wildman–Crippen LogP) is 2.97. The van der Waals surface area contributed by atoms with Crippen LogP contribution in [0.2, 0.25) is 0 Å². The molecule has 1 unspecified atom stereocenters. The average molecular weight is 286 g/mol. The summed E-state index contributed by atoms with van der Waals surface area (Å²) in [6.07, 6.45) is 7.61. The van der Waals surface area contributed by atoms with Gasteiger partial charge in [-0.3, -0.25) is 4.79 Å². The van der Waals surface area contributed by atoms with Crippen LogP contribution in [0.15, 0.2) is 11.6 Å². The SMILES string of the molecule is CCC(O)CCCCCCC/C(=C\CC(=O)O)C(=O)O. The number of aliphatic carboxylic acids is 2. The van der Waals surface area contributed by atoms with Gasteiger partial charge in [0, 0.05) is 5.57 Å².